The topological polar surface area (TPSA) is 21.3 Å². The Bertz CT molecular complexity index is 405. The molecule has 20 heavy (non-hydrogen) atoms. The monoisotopic (exact) mass is 283 g/mol. The van der Waals surface area contributed by atoms with E-state index in [1.54, 1.807) is 6.07 Å². The molecular weight excluding hydrogens is 260 g/mol. The van der Waals surface area contributed by atoms with Gasteiger partial charge in [-0.3, -0.25) is 0 Å². The van der Waals surface area contributed by atoms with Crippen molar-refractivity contribution in [3.8, 4) is 0 Å². The molecule has 1 fully saturated rings. The van der Waals surface area contributed by atoms with Crippen molar-refractivity contribution in [2.75, 3.05) is 13.2 Å². The molecule has 1 saturated carbocycles. The molecule has 112 valence electrons. The molecule has 0 heterocycles. The zero-order valence-electron chi connectivity index (χ0n) is 11.8. The number of halogens is 2. The van der Waals surface area contributed by atoms with Crippen molar-refractivity contribution < 1.29 is 13.5 Å². The summed E-state index contributed by atoms with van der Waals surface area (Å²) in [6.07, 6.45) is 7.59. The molecule has 0 radical (unpaired) electrons. The number of hydrogen-bond acceptors (Lipinski definition) is 2. The average molecular weight is 283 g/mol. The summed E-state index contributed by atoms with van der Waals surface area (Å²) in [5.74, 6) is -1.54. The first-order chi connectivity index (χ1) is 9.77. The number of hydrogen-bond donors (Lipinski definition) is 1. The number of nitrogens with one attached hydrogen (secondary N) is 1. The molecule has 0 amide bonds. The zero-order chi connectivity index (χ0) is 14.2. The second-order valence-electron chi connectivity index (χ2n) is 5.37. The van der Waals surface area contributed by atoms with Gasteiger partial charge in [-0.15, -0.1) is 0 Å². The molecular formula is C16H23F2NO. The summed E-state index contributed by atoms with van der Waals surface area (Å²) in [5.41, 5.74) is 0.373. The molecule has 1 aromatic rings. The van der Waals surface area contributed by atoms with Crippen LogP contribution in [0.1, 0.15) is 44.1 Å². The second kappa shape index (κ2) is 8.32. The van der Waals surface area contributed by atoms with E-state index in [1.807, 2.05) is 0 Å². The summed E-state index contributed by atoms with van der Waals surface area (Å²) >= 11 is 0. The molecule has 0 spiro atoms. The first kappa shape index (κ1) is 15.4. The molecule has 1 aliphatic rings. The van der Waals surface area contributed by atoms with Gasteiger partial charge in [0.2, 0.25) is 0 Å². The maximum atomic E-state index is 13.4. The van der Waals surface area contributed by atoms with E-state index in [0.29, 0.717) is 18.2 Å². The van der Waals surface area contributed by atoms with E-state index in [-0.39, 0.29) is 0 Å². The van der Waals surface area contributed by atoms with E-state index in [4.69, 9.17) is 4.74 Å². The summed E-state index contributed by atoms with van der Waals surface area (Å²) in [6, 6.07) is 4.27. The molecule has 2 rings (SSSR count). The van der Waals surface area contributed by atoms with Crippen LogP contribution in [0.2, 0.25) is 0 Å². The lowest BCUT2D eigenvalue weighted by molar-refractivity contribution is 0.0273. The molecule has 0 unspecified atom stereocenters. The maximum Gasteiger partial charge on any atom is 0.163 e. The summed E-state index contributed by atoms with van der Waals surface area (Å²) in [4.78, 5) is 0. The molecule has 0 bridgehead atoms. The summed E-state index contributed by atoms with van der Waals surface area (Å²) in [7, 11) is 0. The lowest BCUT2D eigenvalue weighted by Crippen LogP contribution is -2.21. The Labute approximate surface area is 119 Å². The first-order valence-corrected chi connectivity index (χ1v) is 7.52. The van der Waals surface area contributed by atoms with E-state index in [1.165, 1.54) is 38.2 Å². The maximum absolute atomic E-state index is 13.4. The van der Waals surface area contributed by atoms with Crippen molar-refractivity contribution in [2.45, 2.75) is 51.2 Å². The fourth-order valence-electron chi connectivity index (χ4n) is 2.59. The van der Waals surface area contributed by atoms with Gasteiger partial charge in [-0.2, -0.15) is 0 Å². The molecule has 0 aromatic heterocycles. The van der Waals surface area contributed by atoms with Crippen molar-refractivity contribution in [1.82, 2.24) is 5.32 Å². The molecule has 0 saturated heterocycles. The Balaban J connectivity index is 1.56. The Morgan fingerprint density at radius 2 is 1.95 bits per heavy atom. The number of benzene rings is 1. The third-order valence-corrected chi connectivity index (χ3v) is 3.75. The van der Waals surface area contributed by atoms with Gasteiger partial charge in [0.15, 0.2) is 11.6 Å². The zero-order valence-corrected chi connectivity index (χ0v) is 11.8. The van der Waals surface area contributed by atoms with Gasteiger partial charge in [-0.25, -0.2) is 8.78 Å². The van der Waals surface area contributed by atoms with Crippen molar-refractivity contribution in [2.24, 2.45) is 0 Å². The van der Waals surface area contributed by atoms with Crippen molar-refractivity contribution >= 4 is 0 Å². The van der Waals surface area contributed by atoms with Crippen LogP contribution in [0.25, 0.3) is 0 Å². The molecule has 1 aliphatic carbocycles. The van der Waals surface area contributed by atoms with Crippen LogP contribution < -0.4 is 5.32 Å². The van der Waals surface area contributed by atoms with E-state index in [0.717, 1.165) is 25.6 Å². The summed E-state index contributed by atoms with van der Waals surface area (Å²) in [5, 5.41) is 3.12. The third kappa shape index (κ3) is 4.84. The predicted molar refractivity (Wildman–Crippen MR) is 75.5 cm³/mol. The van der Waals surface area contributed by atoms with Gasteiger partial charge in [-0.1, -0.05) is 31.4 Å². The van der Waals surface area contributed by atoms with Crippen LogP contribution in [-0.2, 0) is 11.3 Å². The van der Waals surface area contributed by atoms with Gasteiger partial charge in [0.1, 0.15) is 0 Å². The number of rotatable bonds is 7. The molecule has 2 nitrogen and oxygen atoms in total. The van der Waals surface area contributed by atoms with Crippen LogP contribution in [0.3, 0.4) is 0 Å². The van der Waals surface area contributed by atoms with Crippen LogP contribution in [0.15, 0.2) is 18.2 Å². The van der Waals surface area contributed by atoms with Gasteiger partial charge >= 0.3 is 0 Å². The Morgan fingerprint density at radius 3 is 2.75 bits per heavy atom. The van der Waals surface area contributed by atoms with Crippen LogP contribution in [0.4, 0.5) is 8.78 Å². The van der Waals surface area contributed by atoms with E-state index < -0.39 is 11.6 Å². The highest BCUT2D eigenvalue weighted by Gasteiger charge is 2.13. The van der Waals surface area contributed by atoms with Crippen molar-refractivity contribution in [1.29, 1.82) is 0 Å². The smallest absolute Gasteiger partial charge is 0.163 e. The second-order valence-corrected chi connectivity index (χ2v) is 5.37. The normalized spacial score (nSPS) is 16.5. The Morgan fingerprint density at radius 1 is 1.15 bits per heavy atom. The van der Waals surface area contributed by atoms with Crippen LogP contribution >= 0.6 is 0 Å². The van der Waals surface area contributed by atoms with Gasteiger partial charge in [-0.05, 0) is 31.9 Å². The van der Waals surface area contributed by atoms with Gasteiger partial charge in [0.05, 0.1) is 6.10 Å². The van der Waals surface area contributed by atoms with E-state index in [2.05, 4.69) is 5.32 Å². The lowest BCUT2D eigenvalue weighted by Gasteiger charge is -2.21. The van der Waals surface area contributed by atoms with E-state index in [9.17, 15) is 8.78 Å². The van der Waals surface area contributed by atoms with E-state index >= 15 is 0 Å². The summed E-state index contributed by atoms with van der Waals surface area (Å²) in [6.45, 7) is 1.85. The minimum Gasteiger partial charge on any atom is -0.378 e. The number of ether oxygens (including phenoxy) is 1. The van der Waals surface area contributed by atoms with Gasteiger partial charge < -0.3 is 10.1 Å². The first-order valence-electron chi connectivity index (χ1n) is 7.52. The fraction of sp³-hybridized carbons (Fsp3) is 0.625. The predicted octanol–water partition coefficient (Wildman–Crippen LogP) is 3.79. The lowest BCUT2D eigenvalue weighted by atomic mass is 9.98. The molecule has 0 aliphatic heterocycles. The van der Waals surface area contributed by atoms with Crippen LogP contribution in [-0.4, -0.2) is 19.3 Å². The molecule has 0 atom stereocenters. The van der Waals surface area contributed by atoms with Gasteiger partial charge in [0, 0.05) is 18.7 Å². The van der Waals surface area contributed by atoms with Crippen LogP contribution in [0, 0.1) is 11.6 Å². The molecule has 4 heteroatoms. The molecule has 1 aromatic carbocycles. The summed E-state index contributed by atoms with van der Waals surface area (Å²) < 4.78 is 32.2. The van der Waals surface area contributed by atoms with Crippen molar-refractivity contribution in [3.05, 3.63) is 35.4 Å². The Kier molecular flexibility index (Phi) is 6.40. The average Bonchev–Trinajstić information content (AvgIpc) is 2.48. The minimum absolute atomic E-state index is 0.354. The highest BCUT2D eigenvalue weighted by Crippen LogP contribution is 2.20. The largest absolute Gasteiger partial charge is 0.378 e. The minimum atomic E-state index is -0.787. The fourth-order valence-corrected chi connectivity index (χ4v) is 2.59. The highest BCUT2D eigenvalue weighted by molar-refractivity contribution is 5.18. The van der Waals surface area contributed by atoms with Gasteiger partial charge in [0.25, 0.3) is 0 Å². The van der Waals surface area contributed by atoms with Crippen LogP contribution in [0.5, 0.6) is 0 Å². The molecule has 1 N–H and O–H groups in total. The standard InChI is InChI=1S/C16H23F2NO/c17-15-9-4-6-13(16(15)18)12-19-10-5-11-20-14-7-2-1-3-8-14/h4,6,9,14,19H,1-3,5,7-8,10-12H2. The Hall–Kier alpha value is -1.00. The third-order valence-electron chi connectivity index (χ3n) is 3.75. The quantitative estimate of drug-likeness (QED) is 0.769. The highest BCUT2D eigenvalue weighted by atomic mass is 19.2. The SMILES string of the molecule is Fc1cccc(CNCCCOC2CCCCC2)c1F. The van der Waals surface area contributed by atoms with Crippen molar-refractivity contribution in [3.63, 3.8) is 0 Å².